The number of carbonyl (C=O) groups is 2. The van der Waals surface area contributed by atoms with Gasteiger partial charge >= 0.3 is 12.1 Å². The summed E-state index contributed by atoms with van der Waals surface area (Å²) in [7, 11) is 0. The van der Waals surface area contributed by atoms with Crippen molar-refractivity contribution in [1.82, 2.24) is 24.9 Å². The number of hydrogen-bond donors (Lipinski definition) is 1. The zero-order chi connectivity index (χ0) is 24.3. The number of carboxylic acids is 1. The van der Waals surface area contributed by atoms with Crippen molar-refractivity contribution in [1.29, 1.82) is 0 Å². The van der Waals surface area contributed by atoms with Crippen molar-refractivity contribution in [2.75, 3.05) is 19.8 Å². The van der Waals surface area contributed by atoms with Crippen LogP contribution < -0.4 is 0 Å². The van der Waals surface area contributed by atoms with E-state index in [-0.39, 0.29) is 48.4 Å². The molecule has 0 radical (unpaired) electrons. The van der Waals surface area contributed by atoms with Gasteiger partial charge in [-0.15, -0.1) is 5.10 Å². The number of aromatic nitrogens is 4. The zero-order valence-electron chi connectivity index (χ0n) is 18.5. The number of nitrogens with zero attached hydrogens (tertiary/aromatic N) is 5. The summed E-state index contributed by atoms with van der Waals surface area (Å²) in [5.74, 6) is -1.11. The van der Waals surface area contributed by atoms with Crippen LogP contribution in [-0.2, 0) is 27.0 Å². The third kappa shape index (κ3) is 5.54. The Balaban J connectivity index is 1.23. The quantitative estimate of drug-likeness (QED) is 0.548. The van der Waals surface area contributed by atoms with Crippen molar-refractivity contribution in [2.45, 2.75) is 57.3 Å². The van der Waals surface area contributed by atoms with Crippen LogP contribution in [0.2, 0.25) is 0 Å². The molecule has 2 fully saturated rings. The number of hydrogen-bond acceptors (Lipinski definition) is 6. The molecule has 1 unspecified atom stereocenters. The molecule has 2 aliphatic rings. The van der Waals surface area contributed by atoms with E-state index in [4.69, 9.17) is 4.74 Å². The molecule has 4 rings (SSSR count). The number of likely N-dealkylation sites (tertiary alicyclic amines) is 1. The van der Waals surface area contributed by atoms with Gasteiger partial charge in [-0.1, -0.05) is 17.7 Å². The summed E-state index contributed by atoms with van der Waals surface area (Å²) in [6.45, 7) is 1.14. The first kappa shape index (κ1) is 24.1. The maximum atomic E-state index is 12.8. The normalized spacial score (nSPS) is 19.4. The highest BCUT2D eigenvalue weighted by atomic mass is 19.4. The number of ether oxygens (including phenoxy) is 1. The van der Waals surface area contributed by atoms with Gasteiger partial charge in [-0.3, -0.25) is 14.3 Å². The van der Waals surface area contributed by atoms with Gasteiger partial charge in [0.05, 0.1) is 18.3 Å². The highest BCUT2D eigenvalue weighted by molar-refractivity contribution is 5.79. The average Bonchev–Trinajstić information content (AvgIpc) is 3.38. The lowest BCUT2D eigenvalue weighted by molar-refractivity contribution is -0.142. The number of aryl methyl sites for hydroxylation is 1. The third-order valence-electron chi connectivity index (χ3n) is 6.50. The maximum absolute atomic E-state index is 12.8. The second kappa shape index (κ2) is 9.69. The number of aliphatic carboxylic acids is 1. The van der Waals surface area contributed by atoms with Crippen LogP contribution in [0.1, 0.15) is 44.2 Å². The summed E-state index contributed by atoms with van der Waals surface area (Å²) >= 11 is 0. The van der Waals surface area contributed by atoms with Crippen LogP contribution in [0.15, 0.2) is 24.4 Å². The highest BCUT2D eigenvalue weighted by Gasteiger charge is 2.49. The molecule has 1 atom stereocenters. The molecule has 0 aromatic carbocycles. The lowest BCUT2D eigenvalue weighted by Gasteiger charge is -2.37. The molecule has 2 aromatic heterocycles. The van der Waals surface area contributed by atoms with Crippen LogP contribution in [0, 0.1) is 5.41 Å². The number of carboxylic acid groups (broad SMARTS) is 1. The van der Waals surface area contributed by atoms with Gasteiger partial charge in [0, 0.05) is 25.7 Å². The van der Waals surface area contributed by atoms with E-state index < -0.39 is 17.8 Å². The Morgan fingerprint density at radius 2 is 2.03 bits per heavy atom. The largest absolute Gasteiger partial charge is 0.481 e. The number of rotatable bonds is 9. The van der Waals surface area contributed by atoms with E-state index in [0.29, 0.717) is 19.5 Å². The highest BCUT2D eigenvalue weighted by Crippen LogP contribution is 2.50. The Hall–Kier alpha value is -3.02. The minimum Gasteiger partial charge on any atom is -0.481 e. The minimum atomic E-state index is -4.54. The SMILES string of the molecule is O=C(O)CC1CC2(CCC2)CN1C(=O)COCCCn1cc(-c2cccc(C(F)(F)F)n2)nn1. The molecular formula is C22H26F3N5O4. The number of carbonyl (C=O) groups excluding carboxylic acids is 1. The van der Waals surface area contributed by atoms with Gasteiger partial charge < -0.3 is 14.7 Å². The summed E-state index contributed by atoms with van der Waals surface area (Å²) in [6, 6.07) is 3.31. The van der Waals surface area contributed by atoms with Crippen molar-refractivity contribution >= 4 is 11.9 Å². The van der Waals surface area contributed by atoms with E-state index in [2.05, 4.69) is 15.3 Å². The minimum absolute atomic E-state index is 0.0527. The summed E-state index contributed by atoms with van der Waals surface area (Å²) in [5, 5.41) is 17.0. The smallest absolute Gasteiger partial charge is 0.433 e. The molecule has 1 saturated heterocycles. The van der Waals surface area contributed by atoms with Crippen LogP contribution in [0.5, 0.6) is 0 Å². The third-order valence-corrected chi connectivity index (χ3v) is 6.50. The monoisotopic (exact) mass is 481 g/mol. The van der Waals surface area contributed by atoms with E-state index in [1.807, 2.05) is 0 Å². The molecule has 1 aliphatic carbocycles. The van der Waals surface area contributed by atoms with Crippen LogP contribution in [0.4, 0.5) is 13.2 Å². The van der Waals surface area contributed by atoms with Crippen LogP contribution in [0.3, 0.4) is 0 Å². The Morgan fingerprint density at radius 3 is 2.71 bits per heavy atom. The molecule has 12 heteroatoms. The second-order valence-corrected chi connectivity index (χ2v) is 9.01. The Morgan fingerprint density at radius 1 is 1.24 bits per heavy atom. The molecule has 1 saturated carbocycles. The van der Waals surface area contributed by atoms with Crippen LogP contribution in [0.25, 0.3) is 11.4 Å². The van der Waals surface area contributed by atoms with Gasteiger partial charge in [0.1, 0.15) is 18.0 Å². The lowest BCUT2D eigenvalue weighted by Crippen LogP contribution is -2.40. The first-order valence-corrected chi connectivity index (χ1v) is 11.2. The summed E-state index contributed by atoms with van der Waals surface area (Å²) in [6.07, 6.45) is 1.34. The van der Waals surface area contributed by atoms with Crippen molar-refractivity contribution in [3.63, 3.8) is 0 Å². The number of alkyl halides is 3. The first-order chi connectivity index (χ1) is 16.2. The van der Waals surface area contributed by atoms with Crippen molar-refractivity contribution in [3.05, 3.63) is 30.1 Å². The van der Waals surface area contributed by atoms with E-state index in [1.165, 1.54) is 23.0 Å². The van der Waals surface area contributed by atoms with Gasteiger partial charge in [0.25, 0.3) is 0 Å². The number of pyridine rings is 1. The Bertz CT molecular complexity index is 1040. The Labute approximate surface area is 193 Å². The molecule has 1 aliphatic heterocycles. The van der Waals surface area contributed by atoms with E-state index in [9.17, 15) is 27.9 Å². The molecule has 184 valence electrons. The van der Waals surface area contributed by atoms with Crippen LogP contribution >= 0.6 is 0 Å². The fraction of sp³-hybridized carbons (Fsp3) is 0.591. The zero-order valence-corrected chi connectivity index (χ0v) is 18.5. The van der Waals surface area contributed by atoms with Gasteiger partial charge in [-0.2, -0.15) is 13.2 Å². The van der Waals surface area contributed by atoms with Crippen molar-refractivity contribution < 1.29 is 32.6 Å². The molecule has 1 N–H and O–H groups in total. The molecule has 9 nitrogen and oxygen atoms in total. The molecule has 34 heavy (non-hydrogen) atoms. The first-order valence-electron chi connectivity index (χ1n) is 11.2. The van der Waals surface area contributed by atoms with E-state index in [0.717, 1.165) is 31.7 Å². The van der Waals surface area contributed by atoms with E-state index >= 15 is 0 Å². The predicted molar refractivity (Wildman–Crippen MR) is 112 cm³/mol. The molecule has 3 heterocycles. The molecular weight excluding hydrogens is 455 g/mol. The van der Waals surface area contributed by atoms with Crippen molar-refractivity contribution in [2.24, 2.45) is 5.41 Å². The van der Waals surface area contributed by atoms with Crippen molar-refractivity contribution in [3.8, 4) is 11.4 Å². The second-order valence-electron chi connectivity index (χ2n) is 9.01. The molecule has 0 bridgehead atoms. The number of amides is 1. The van der Waals surface area contributed by atoms with Gasteiger partial charge in [0.15, 0.2) is 0 Å². The van der Waals surface area contributed by atoms with E-state index in [1.54, 1.807) is 4.90 Å². The average molecular weight is 481 g/mol. The fourth-order valence-electron chi connectivity index (χ4n) is 4.71. The van der Waals surface area contributed by atoms with Gasteiger partial charge in [-0.25, -0.2) is 4.98 Å². The lowest BCUT2D eigenvalue weighted by atomic mass is 9.67. The topological polar surface area (TPSA) is 110 Å². The Kier molecular flexibility index (Phi) is 6.87. The molecule has 1 spiro atoms. The summed E-state index contributed by atoms with van der Waals surface area (Å²) in [5.41, 5.74) is -0.613. The number of halogens is 3. The fourth-order valence-corrected chi connectivity index (χ4v) is 4.71. The molecule has 1 amide bonds. The summed E-state index contributed by atoms with van der Waals surface area (Å²) in [4.78, 5) is 29.1. The standard InChI is InChI=1S/C22H26F3N5O4/c23-22(24,25)18-5-1-4-16(26-18)17-12-29(28-27-17)8-3-9-34-13-19(31)30-14-21(6-2-7-21)11-15(30)10-20(32)33/h1,4-5,12,15H,2-3,6-11,13-14H2,(H,32,33). The molecule has 2 aromatic rings. The van der Waals surface area contributed by atoms with Crippen LogP contribution in [-0.4, -0.2) is 67.7 Å². The maximum Gasteiger partial charge on any atom is 0.433 e. The van der Waals surface area contributed by atoms with Gasteiger partial charge in [0.2, 0.25) is 5.91 Å². The summed E-state index contributed by atoms with van der Waals surface area (Å²) < 4.78 is 45.5. The predicted octanol–water partition coefficient (Wildman–Crippen LogP) is 3.01. The van der Waals surface area contributed by atoms with Gasteiger partial charge in [-0.05, 0) is 43.2 Å².